The highest BCUT2D eigenvalue weighted by Crippen LogP contribution is 2.30. The Balaban J connectivity index is 1.98. The molecule has 2 rings (SSSR count). The van der Waals surface area contributed by atoms with E-state index in [1.54, 1.807) is 50.6 Å². The maximum atomic E-state index is 12.0. The van der Waals surface area contributed by atoms with E-state index in [4.69, 9.17) is 14.2 Å². The molecule has 2 aromatic carbocycles. The van der Waals surface area contributed by atoms with Crippen LogP contribution in [0.25, 0.3) is 6.08 Å². The summed E-state index contributed by atoms with van der Waals surface area (Å²) >= 11 is 0. The lowest BCUT2D eigenvalue weighted by Crippen LogP contribution is -2.03. The predicted octanol–water partition coefficient (Wildman–Crippen LogP) is 3.56. The van der Waals surface area contributed by atoms with Gasteiger partial charge in [0.1, 0.15) is 6.61 Å². The van der Waals surface area contributed by atoms with Gasteiger partial charge in [-0.2, -0.15) is 0 Å². The van der Waals surface area contributed by atoms with Gasteiger partial charge in [0.05, 0.1) is 26.9 Å². The number of carbonyl (C=O) groups excluding carboxylic acids is 2. The minimum atomic E-state index is -0.471. The third kappa shape index (κ3) is 5.34. The van der Waals surface area contributed by atoms with Crippen molar-refractivity contribution in [2.24, 2.45) is 0 Å². The molecule has 6 heteroatoms. The number of aryl methyl sites for hydroxylation is 1. The molecule has 0 amide bonds. The van der Waals surface area contributed by atoms with Crippen LogP contribution in [0.3, 0.4) is 0 Å². The number of ether oxygens (including phenoxy) is 4. The molecule has 2 aromatic rings. The van der Waals surface area contributed by atoms with Crippen LogP contribution in [0.15, 0.2) is 42.5 Å². The van der Waals surface area contributed by atoms with Gasteiger partial charge in [-0.15, -0.1) is 0 Å². The van der Waals surface area contributed by atoms with E-state index in [1.165, 1.54) is 13.2 Å². The highest BCUT2D eigenvalue weighted by atomic mass is 16.5. The van der Waals surface area contributed by atoms with E-state index < -0.39 is 11.9 Å². The van der Waals surface area contributed by atoms with Crippen molar-refractivity contribution in [3.63, 3.8) is 0 Å². The molecule has 0 atom stereocenters. The van der Waals surface area contributed by atoms with Crippen molar-refractivity contribution in [1.82, 2.24) is 0 Å². The Hall–Kier alpha value is -3.28. The molecule has 0 spiro atoms. The molecule has 142 valence electrons. The highest BCUT2D eigenvalue weighted by molar-refractivity contribution is 5.90. The van der Waals surface area contributed by atoms with Gasteiger partial charge in [-0.1, -0.05) is 12.1 Å². The number of carbonyl (C=O) groups is 2. The average Bonchev–Trinajstić information content (AvgIpc) is 2.70. The summed E-state index contributed by atoms with van der Waals surface area (Å²) in [5, 5.41) is 0. The fourth-order valence-electron chi connectivity index (χ4n) is 2.39. The maximum Gasteiger partial charge on any atom is 0.337 e. The van der Waals surface area contributed by atoms with Crippen LogP contribution in [0, 0.1) is 6.92 Å². The van der Waals surface area contributed by atoms with Crippen molar-refractivity contribution in [3.8, 4) is 11.5 Å². The van der Waals surface area contributed by atoms with Crippen LogP contribution in [0.5, 0.6) is 11.5 Å². The first kappa shape index (κ1) is 20.0. The summed E-state index contributed by atoms with van der Waals surface area (Å²) in [4.78, 5) is 23.4. The van der Waals surface area contributed by atoms with E-state index in [2.05, 4.69) is 4.74 Å². The fraction of sp³-hybridized carbons (Fsp3) is 0.238. The molecule has 27 heavy (non-hydrogen) atoms. The lowest BCUT2D eigenvalue weighted by atomic mass is 10.1. The molecule has 0 fully saturated rings. The van der Waals surface area contributed by atoms with Gasteiger partial charge in [-0.05, 0) is 54.0 Å². The van der Waals surface area contributed by atoms with Gasteiger partial charge in [0.2, 0.25) is 0 Å². The predicted molar refractivity (Wildman–Crippen MR) is 101 cm³/mol. The van der Waals surface area contributed by atoms with Crippen LogP contribution in [-0.4, -0.2) is 33.3 Å². The second-order valence-corrected chi connectivity index (χ2v) is 5.69. The number of esters is 2. The van der Waals surface area contributed by atoms with Crippen molar-refractivity contribution < 1.29 is 28.5 Å². The Labute approximate surface area is 158 Å². The summed E-state index contributed by atoms with van der Waals surface area (Å²) in [5.41, 5.74) is 2.97. The molecule has 0 saturated carbocycles. The van der Waals surface area contributed by atoms with Gasteiger partial charge >= 0.3 is 11.9 Å². The summed E-state index contributed by atoms with van der Waals surface area (Å²) in [6, 6.07) is 10.3. The molecule has 0 aliphatic carbocycles. The Morgan fingerprint density at radius 2 is 1.59 bits per heavy atom. The van der Waals surface area contributed by atoms with Crippen molar-refractivity contribution in [2.45, 2.75) is 13.5 Å². The molecule has 0 heterocycles. The summed E-state index contributed by atoms with van der Waals surface area (Å²) in [7, 11) is 4.45. The Kier molecular flexibility index (Phi) is 7.00. The fourth-order valence-corrected chi connectivity index (χ4v) is 2.39. The first-order valence-electron chi connectivity index (χ1n) is 8.23. The Morgan fingerprint density at radius 1 is 0.963 bits per heavy atom. The van der Waals surface area contributed by atoms with E-state index in [0.717, 1.165) is 16.7 Å². The van der Waals surface area contributed by atoms with E-state index >= 15 is 0 Å². The summed E-state index contributed by atoms with van der Waals surface area (Å²) in [6.07, 6.45) is 2.95. The van der Waals surface area contributed by atoms with E-state index in [1.807, 2.05) is 13.0 Å². The third-order valence-electron chi connectivity index (χ3n) is 3.96. The van der Waals surface area contributed by atoms with Crippen molar-refractivity contribution in [1.29, 1.82) is 0 Å². The summed E-state index contributed by atoms with van der Waals surface area (Å²) in [6.45, 7) is 2.03. The minimum absolute atomic E-state index is 0.122. The van der Waals surface area contributed by atoms with E-state index in [0.29, 0.717) is 17.1 Å². The van der Waals surface area contributed by atoms with Gasteiger partial charge in [-0.3, -0.25) is 0 Å². The zero-order chi connectivity index (χ0) is 19.8. The Bertz CT molecular complexity index is 836. The van der Waals surface area contributed by atoms with Crippen LogP contribution in [0.2, 0.25) is 0 Å². The molecular formula is C21H22O6. The molecule has 0 aliphatic heterocycles. The first-order chi connectivity index (χ1) is 13.0. The topological polar surface area (TPSA) is 71.1 Å². The van der Waals surface area contributed by atoms with Crippen molar-refractivity contribution in [3.05, 3.63) is 64.7 Å². The molecular weight excluding hydrogens is 348 g/mol. The lowest BCUT2D eigenvalue weighted by Gasteiger charge is -2.12. The monoisotopic (exact) mass is 370 g/mol. The smallest absolute Gasteiger partial charge is 0.337 e. The first-order valence-corrected chi connectivity index (χ1v) is 8.23. The zero-order valence-electron chi connectivity index (χ0n) is 15.8. The largest absolute Gasteiger partial charge is 0.493 e. The molecule has 6 nitrogen and oxygen atoms in total. The molecule has 0 radical (unpaired) electrons. The van der Waals surface area contributed by atoms with E-state index in [-0.39, 0.29) is 6.61 Å². The van der Waals surface area contributed by atoms with Gasteiger partial charge < -0.3 is 18.9 Å². The second-order valence-electron chi connectivity index (χ2n) is 5.69. The standard InChI is InChI=1S/C21H22O6/c1-14-11-18(24-2)19(25-3)12-17(14)13-27-20(22)10-7-15-5-8-16(9-6-15)21(23)26-4/h5-12H,13H2,1-4H3/b10-7+. The van der Waals surface area contributed by atoms with Gasteiger partial charge in [0.25, 0.3) is 0 Å². The van der Waals surface area contributed by atoms with Crippen LogP contribution in [-0.2, 0) is 20.9 Å². The van der Waals surface area contributed by atoms with Gasteiger partial charge in [0, 0.05) is 6.08 Å². The summed E-state index contributed by atoms with van der Waals surface area (Å²) < 4.78 is 20.4. The maximum absolute atomic E-state index is 12.0. The molecule has 0 unspecified atom stereocenters. The van der Waals surface area contributed by atoms with Crippen molar-refractivity contribution >= 4 is 18.0 Å². The van der Waals surface area contributed by atoms with Gasteiger partial charge in [-0.25, -0.2) is 9.59 Å². The molecule has 0 aliphatic rings. The normalized spacial score (nSPS) is 10.5. The SMILES string of the molecule is COC(=O)c1ccc(/C=C/C(=O)OCc2cc(OC)c(OC)cc2C)cc1. The van der Waals surface area contributed by atoms with Crippen LogP contribution < -0.4 is 9.47 Å². The third-order valence-corrected chi connectivity index (χ3v) is 3.96. The molecule has 0 saturated heterocycles. The molecule has 0 bridgehead atoms. The number of methoxy groups -OCH3 is 3. The number of hydrogen-bond acceptors (Lipinski definition) is 6. The number of rotatable bonds is 7. The molecule has 0 N–H and O–H groups in total. The van der Waals surface area contributed by atoms with Gasteiger partial charge in [0.15, 0.2) is 11.5 Å². The minimum Gasteiger partial charge on any atom is -0.493 e. The number of hydrogen-bond donors (Lipinski definition) is 0. The average molecular weight is 370 g/mol. The quantitative estimate of drug-likeness (QED) is 0.548. The van der Waals surface area contributed by atoms with Crippen LogP contribution in [0.4, 0.5) is 0 Å². The van der Waals surface area contributed by atoms with Crippen LogP contribution in [0.1, 0.15) is 27.0 Å². The molecule has 0 aromatic heterocycles. The van der Waals surface area contributed by atoms with Crippen LogP contribution >= 0.6 is 0 Å². The number of benzene rings is 2. The zero-order valence-corrected chi connectivity index (χ0v) is 15.8. The lowest BCUT2D eigenvalue weighted by molar-refractivity contribution is -0.138. The Morgan fingerprint density at radius 3 is 2.19 bits per heavy atom. The second kappa shape index (κ2) is 9.43. The van der Waals surface area contributed by atoms with E-state index in [9.17, 15) is 9.59 Å². The summed E-state index contributed by atoms with van der Waals surface area (Å²) in [5.74, 6) is 0.326. The van der Waals surface area contributed by atoms with Crippen molar-refractivity contribution in [2.75, 3.05) is 21.3 Å². The highest BCUT2D eigenvalue weighted by Gasteiger charge is 2.10.